The number of rotatable bonds is 6. The molecule has 9 atom stereocenters. The van der Waals surface area contributed by atoms with Crippen LogP contribution in [0, 0.1) is 34.5 Å². The van der Waals surface area contributed by atoms with Crippen molar-refractivity contribution in [1.29, 1.82) is 0 Å². The molecule has 0 aromatic heterocycles. The molecule has 0 saturated heterocycles. The lowest BCUT2D eigenvalue weighted by Gasteiger charge is -2.59. The zero-order valence-electron chi connectivity index (χ0n) is 21.7. The largest absolute Gasteiger partial charge is 0.416 e. The van der Waals surface area contributed by atoms with E-state index in [9.17, 15) is 23.4 Å². The molecule has 3 nitrogen and oxygen atoms in total. The molecule has 34 heavy (non-hydrogen) atoms. The van der Waals surface area contributed by atoms with Crippen molar-refractivity contribution in [3.63, 3.8) is 0 Å². The van der Waals surface area contributed by atoms with E-state index in [0.717, 1.165) is 64.7 Å². The smallest absolute Gasteiger partial charge is 0.390 e. The average Bonchev–Trinajstić information content (AvgIpc) is 3.11. The first-order valence-electron chi connectivity index (χ1n) is 13.4. The fraction of sp³-hybridized carbons (Fsp3) is 0.929. The zero-order chi connectivity index (χ0) is 25.2. The van der Waals surface area contributed by atoms with E-state index >= 15 is 0 Å². The maximum atomic E-state index is 13.2. The van der Waals surface area contributed by atoms with Crippen molar-refractivity contribution < 1.29 is 28.1 Å². The highest BCUT2D eigenvalue weighted by molar-refractivity contribution is 5.27. The molecular weight excluding hydrogens is 441 g/mol. The van der Waals surface area contributed by atoms with Gasteiger partial charge in [-0.3, -0.25) is 0 Å². The van der Waals surface area contributed by atoms with Gasteiger partial charge in [-0.1, -0.05) is 32.4 Å². The standard InChI is InChI=1S/C28H45F3O3/c1-6-27(33)16-15-24(2)18(17-27)7-8-19-20-9-10-22(25(20,3)13-11-21(19)24)23(34-5)12-14-26(4,32)28(29,30)31/h7,19-23,32-33H,6,8-17H2,1-5H3/t19-,20-,21-,22+,23+,24-,25-,26-,27-/m0/s1. The Balaban J connectivity index is 1.51. The van der Waals surface area contributed by atoms with Gasteiger partial charge < -0.3 is 14.9 Å². The zero-order valence-corrected chi connectivity index (χ0v) is 21.7. The summed E-state index contributed by atoms with van der Waals surface area (Å²) in [6.45, 7) is 7.75. The second-order valence-electron chi connectivity index (χ2n) is 12.8. The van der Waals surface area contributed by atoms with E-state index in [1.54, 1.807) is 7.11 Å². The SMILES string of the molecule is CC[C@]1(O)CC[C@@]2(C)C(=CC[C@H]3[C@@H]4CC[C@H]([C@@H](CC[C@](C)(O)C(F)(F)F)OC)[C@@]4(C)CC[C@@H]32)C1. The predicted molar refractivity (Wildman–Crippen MR) is 127 cm³/mol. The molecule has 0 aromatic rings. The molecule has 6 heteroatoms. The molecule has 0 amide bonds. The summed E-state index contributed by atoms with van der Waals surface area (Å²) >= 11 is 0. The number of hydrogen-bond acceptors (Lipinski definition) is 3. The maximum Gasteiger partial charge on any atom is 0.416 e. The third-order valence-electron chi connectivity index (χ3n) is 11.3. The Bertz CT molecular complexity index is 792. The molecule has 196 valence electrons. The Morgan fingerprint density at radius 1 is 1.12 bits per heavy atom. The van der Waals surface area contributed by atoms with Crippen LogP contribution < -0.4 is 0 Å². The first kappa shape index (κ1) is 26.5. The number of aliphatic hydroxyl groups is 2. The highest BCUT2D eigenvalue weighted by Crippen LogP contribution is 2.67. The van der Waals surface area contributed by atoms with Crippen LogP contribution in [0.15, 0.2) is 11.6 Å². The van der Waals surface area contributed by atoms with Gasteiger partial charge in [0.05, 0.1) is 11.7 Å². The molecule has 0 spiro atoms. The Morgan fingerprint density at radius 3 is 2.44 bits per heavy atom. The van der Waals surface area contributed by atoms with Gasteiger partial charge in [0.1, 0.15) is 0 Å². The number of hydrogen-bond donors (Lipinski definition) is 2. The van der Waals surface area contributed by atoms with Gasteiger partial charge in [0.15, 0.2) is 5.60 Å². The fourth-order valence-corrected chi connectivity index (χ4v) is 8.71. The Labute approximate surface area is 203 Å². The average molecular weight is 487 g/mol. The van der Waals surface area contributed by atoms with Crippen molar-refractivity contribution in [2.24, 2.45) is 34.5 Å². The Kier molecular flexibility index (Phi) is 6.82. The lowest BCUT2D eigenvalue weighted by molar-refractivity contribution is -0.257. The van der Waals surface area contributed by atoms with Gasteiger partial charge >= 0.3 is 6.18 Å². The third-order valence-corrected chi connectivity index (χ3v) is 11.3. The van der Waals surface area contributed by atoms with E-state index in [1.807, 2.05) is 0 Å². The second kappa shape index (κ2) is 8.76. The summed E-state index contributed by atoms with van der Waals surface area (Å²) in [5.74, 6) is 2.00. The van der Waals surface area contributed by atoms with E-state index in [2.05, 4.69) is 26.8 Å². The van der Waals surface area contributed by atoms with Crippen molar-refractivity contribution in [1.82, 2.24) is 0 Å². The van der Waals surface area contributed by atoms with Gasteiger partial charge in [-0.2, -0.15) is 13.2 Å². The maximum absolute atomic E-state index is 13.2. The van der Waals surface area contributed by atoms with Crippen LogP contribution in [0.3, 0.4) is 0 Å². The summed E-state index contributed by atoms with van der Waals surface area (Å²) in [4.78, 5) is 0. The number of halogens is 3. The van der Waals surface area contributed by atoms with Crippen molar-refractivity contribution in [3.05, 3.63) is 11.6 Å². The van der Waals surface area contributed by atoms with Crippen molar-refractivity contribution in [2.75, 3.05) is 7.11 Å². The van der Waals surface area contributed by atoms with Gasteiger partial charge in [0.2, 0.25) is 0 Å². The van der Waals surface area contributed by atoms with Gasteiger partial charge in [0, 0.05) is 7.11 Å². The Hall–Kier alpha value is -0.590. The summed E-state index contributed by atoms with van der Waals surface area (Å²) in [7, 11) is 1.61. The molecule has 4 rings (SSSR count). The van der Waals surface area contributed by atoms with Crippen LogP contribution in [-0.4, -0.2) is 40.8 Å². The lowest BCUT2D eigenvalue weighted by atomic mass is 9.46. The fourth-order valence-electron chi connectivity index (χ4n) is 8.71. The summed E-state index contributed by atoms with van der Waals surface area (Å²) in [5, 5.41) is 20.9. The molecular formula is C28H45F3O3. The van der Waals surface area contributed by atoms with Crippen LogP contribution in [0.25, 0.3) is 0 Å². The van der Waals surface area contributed by atoms with Crippen LogP contribution in [0.5, 0.6) is 0 Å². The molecule has 3 saturated carbocycles. The van der Waals surface area contributed by atoms with Crippen LogP contribution in [-0.2, 0) is 4.74 Å². The number of alkyl halides is 3. The van der Waals surface area contributed by atoms with Crippen molar-refractivity contribution in [3.8, 4) is 0 Å². The van der Waals surface area contributed by atoms with Crippen LogP contribution >= 0.6 is 0 Å². The van der Waals surface area contributed by atoms with Crippen molar-refractivity contribution >= 4 is 0 Å². The number of allylic oxidation sites excluding steroid dienone is 1. The summed E-state index contributed by atoms with van der Waals surface area (Å²) < 4.78 is 45.5. The molecule has 0 aliphatic heterocycles. The number of methoxy groups -OCH3 is 1. The van der Waals surface area contributed by atoms with Crippen LogP contribution in [0.1, 0.15) is 98.3 Å². The molecule has 0 unspecified atom stereocenters. The minimum Gasteiger partial charge on any atom is -0.390 e. The van der Waals surface area contributed by atoms with E-state index in [1.165, 1.54) is 5.57 Å². The molecule has 2 N–H and O–H groups in total. The summed E-state index contributed by atoms with van der Waals surface area (Å²) in [6.07, 6.45) is 6.34. The van der Waals surface area contributed by atoms with Gasteiger partial charge in [-0.15, -0.1) is 0 Å². The number of fused-ring (bicyclic) bond motifs is 5. The quantitative estimate of drug-likeness (QED) is 0.405. The molecule has 0 radical (unpaired) electrons. The first-order valence-corrected chi connectivity index (χ1v) is 13.4. The summed E-state index contributed by atoms with van der Waals surface area (Å²) in [5.41, 5.74) is -1.54. The Morgan fingerprint density at radius 2 is 1.82 bits per heavy atom. The molecule has 0 bridgehead atoms. The van der Waals surface area contributed by atoms with Crippen LogP contribution in [0.4, 0.5) is 13.2 Å². The van der Waals surface area contributed by atoms with E-state index in [-0.39, 0.29) is 35.7 Å². The van der Waals surface area contributed by atoms with E-state index in [0.29, 0.717) is 17.8 Å². The van der Waals surface area contributed by atoms with E-state index in [4.69, 9.17) is 4.74 Å². The van der Waals surface area contributed by atoms with Gasteiger partial charge in [-0.25, -0.2) is 0 Å². The minimum absolute atomic E-state index is 0.0620. The van der Waals surface area contributed by atoms with Crippen LogP contribution in [0.2, 0.25) is 0 Å². The third kappa shape index (κ3) is 4.18. The van der Waals surface area contributed by atoms with E-state index < -0.39 is 17.4 Å². The molecule has 0 heterocycles. The molecule has 0 aromatic carbocycles. The second-order valence-corrected chi connectivity index (χ2v) is 12.8. The van der Waals surface area contributed by atoms with Gasteiger partial charge in [-0.05, 0) is 112 Å². The first-order chi connectivity index (χ1) is 15.7. The topological polar surface area (TPSA) is 49.7 Å². The number of ether oxygens (including phenoxy) is 1. The molecule has 4 aliphatic rings. The molecule has 4 aliphatic carbocycles. The normalized spacial score (nSPS) is 44.9. The lowest BCUT2D eigenvalue weighted by Crippen LogP contribution is -2.53. The monoisotopic (exact) mass is 486 g/mol. The minimum atomic E-state index is -4.63. The van der Waals surface area contributed by atoms with Gasteiger partial charge in [0.25, 0.3) is 0 Å². The highest BCUT2D eigenvalue weighted by Gasteiger charge is 2.60. The van der Waals surface area contributed by atoms with Crippen molar-refractivity contribution in [2.45, 2.75) is 122 Å². The highest BCUT2D eigenvalue weighted by atomic mass is 19.4. The summed E-state index contributed by atoms with van der Waals surface area (Å²) in [6, 6.07) is 0. The predicted octanol–water partition coefficient (Wildman–Crippen LogP) is 6.82. The molecule has 3 fully saturated rings.